The van der Waals surface area contributed by atoms with Crippen LogP contribution in [0.4, 0.5) is 14.5 Å². The highest BCUT2D eigenvalue weighted by Gasteiger charge is 2.25. The van der Waals surface area contributed by atoms with Crippen molar-refractivity contribution >= 4 is 11.7 Å². The van der Waals surface area contributed by atoms with Crippen LogP contribution in [-0.4, -0.2) is 22.6 Å². The van der Waals surface area contributed by atoms with Gasteiger partial charge in [-0.15, -0.1) is 0 Å². The molecule has 7 nitrogen and oxygen atoms in total. The van der Waals surface area contributed by atoms with Crippen molar-refractivity contribution in [1.29, 1.82) is 0 Å². The van der Waals surface area contributed by atoms with E-state index in [0.717, 1.165) is 16.7 Å². The number of hydrogen-bond acceptors (Lipinski definition) is 6. The standard InChI is InChI=1S/C31H31F2N3O4/c1-18(2)12-13-35-28-26(32)29(36-30(27(28)33)40-25-14-19(3)10-11-24(25)31(37)38)39-23-9-5-8-22(16-23)21-7-4-6-20(15-21)17-34/h4-11,14-16,18H,12-13,17,34H2,1-3H3,(H,35,36)(H,37,38). The number of carbonyl (C=O) groups is 1. The molecular weight excluding hydrogens is 516 g/mol. The van der Waals surface area contributed by atoms with Crippen LogP contribution in [0.25, 0.3) is 11.1 Å². The Morgan fingerprint density at radius 1 is 0.975 bits per heavy atom. The number of hydrogen-bond donors (Lipinski definition) is 3. The van der Waals surface area contributed by atoms with Gasteiger partial charge >= 0.3 is 5.97 Å². The molecule has 0 saturated carbocycles. The first-order valence-electron chi connectivity index (χ1n) is 12.9. The molecule has 208 valence electrons. The zero-order valence-corrected chi connectivity index (χ0v) is 22.5. The molecule has 40 heavy (non-hydrogen) atoms. The molecule has 1 aromatic heterocycles. The van der Waals surface area contributed by atoms with Gasteiger partial charge in [0.05, 0.1) is 0 Å². The molecule has 3 aromatic carbocycles. The summed E-state index contributed by atoms with van der Waals surface area (Å²) in [4.78, 5) is 15.7. The van der Waals surface area contributed by atoms with Gasteiger partial charge in [-0.25, -0.2) is 4.79 Å². The summed E-state index contributed by atoms with van der Waals surface area (Å²) in [6.45, 7) is 6.38. The lowest BCUT2D eigenvalue weighted by molar-refractivity contribution is 0.0694. The van der Waals surface area contributed by atoms with Gasteiger partial charge in [-0.3, -0.25) is 0 Å². The van der Waals surface area contributed by atoms with E-state index in [4.69, 9.17) is 15.2 Å². The van der Waals surface area contributed by atoms with Gasteiger partial charge in [-0.2, -0.15) is 13.8 Å². The molecule has 0 aliphatic carbocycles. The second-order valence-corrected chi connectivity index (χ2v) is 9.78. The summed E-state index contributed by atoms with van der Waals surface area (Å²) in [7, 11) is 0. The third-order valence-corrected chi connectivity index (χ3v) is 6.16. The maximum Gasteiger partial charge on any atom is 0.339 e. The van der Waals surface area contributed by atoms with Crippen LogP contribution in [0.1, 0.15) is 41.8 Å². The van der Waals surface area contributed by atoms with Gasteiger partial charge in [0, 0.05) is 13.1 Å². The average molecular weight is 548 g/mol. The fourth-order valence-electron chi connectivity index (χ4n) is 4.00. The third kappa shape index (κ3) is 6.73. The highest BCUT2D eigenvalue weighted by Crippen LogP contribution is 2.38. The molecule has 0 saturated heterocycles. The zero-order chi connectivity index (χ0) is 28.8. The number of nitrogens with two attached hydrogens (primary N) is 1. The van der Waals surface area contributed by atoms with Crippen LogP contribution in [0.15, 0.2) is 66.7 Å². The Bertz CT molecular complexity index is 1520. The molecular formula is C31H31F2N3O4. The van der Waals surface area contributed by atoms with Gasteiger partial charge in [0.15, 0.2) is 0 Å². The minimum Gasteiger partial charge on any atom is -0.478 e. The monoisotopic (exact) mass is 547 g/mol. The summed E-state index contributed by atoms with van der Waals surface area (Å²) in [5, 5.41) is 12.4. The largest absolute Gasteiger partial charge is 0.478 e. The first-order valence-corrected chi connectivity index (χ1v) is 12.9. The number of aryl methyl sites for hydroxylation is 1. The molecule has 4 aromatic rings. The van der Waals surface area contributed by atoms with Crippen molar-refractivity contribution in [1.82, 2.24) is 4.98 Å². The van der Waals surface area contributed by atoms with E-state index in [1.54, 1.807) is 31.2 Å². The number of aromatic carboxylic acids is 1. The van der Waals surface area contributed by atoms with E-state index >= 15 is 8.78 Å². The molecule has 0 spiro atoms. The number of nitrogens with zero attached hydrogens (tertiary/aromatic N) is 1. The van der Waals surface area contributed by atoms with E-state index in [9.17, 15) is 9.90 Å². The normalized spacial score (nSPS) is 11.0. The molecule has 0 unspecified atom stereocenters. The molecule has 0 bridgehead atoms. The molecule has 0 amide bonds. The number of rotatable bonds is 11. The van der Waals surface area contributed by atoms with Crippen molar-refractivity contribution in [3.8, 4) is 34.4 Å². The van der Waals surface area contributed by atoms with Crippen LogP contribution in [0.5, 0.6) is 23.3 Å². The average Bonchev–Trinajstić information content (AvgIpc) is 2.93. The van der Waals surface area contributed by atoms with E-state index in [-0.39, 0.29) is 29.5 Å². The maximum absolute atomic E-state index is 15.6. The Labute approximate surface area is 231 Å². The van der Waals surface area contributed by atoms with Crippen molar-refractivity contribution in [2.45, 2.75) is 33.7 Å². The molecule has 0 aliphatic heterocycles. The molecule has 4 rings (SSSR count). The zero-order valence-electron chi connectivity index (χ0n) is 22.5. The van der Waals surface area contributed by atoms with Gasteiger partial charge in [-0.05, 0) is 71.8 Å². The van der Waals surface area contributed by atoms with Crippen LogP contribution in [0, 0.1) is 24.5 Å². The minimum atomic E-state index is -1.26. The van der Waals surface area contributed by atoms with Crippen LogP contribution >= 0.6 is 0 Å². The first-order chi connectivity index (χ1) is 19.2. The summed E-state index contributed by atoms with van der Waals surface area (Å²) < 4.78 is 42.6. The molecule has 0 aliphatic rings. The molecule has 9 heteroatoms. The van der Waals surface area contributed by atoms with Gasteiger partial charge in [0.2, 0.25) is 11.6 Å². The number of carboxylic acid groups (broad SMARTS) is 1. The lowest BCUT2D eigenvalue weighted by Crippen LogP contribution is -2.11. The number of ether oxygens (including phenoxy) is 2. The highest BCUT2D eigenvalue weighted by atomic mass is 19.1. The summed E-state index contributed by atoms with van der Waals surface area (Å²) in [6.07, 6.45) is 0.651. The van der Waals surface area contributed by atoms with E-state index in [1.165, 1.54) is 12.1 Å². The lowest BCUT2D eigenvalue weighted by Gasteiger charge is -2.17. The molecule has 0 atom stereocenters. The predicted molar refractivity (Wildman–Crippen MR) is 150 cm³/mol. The van der Waals surface area contributed by atoms with Gasteiger partial charge in [0.1, 0.15) is 22.7 Å². The quantitative estimate of drug-likeness (QED) is 0.178. The van der Waals surface area contributed by atoms with Gasteiger partial charge < -0.3 is 25.6 Å². The number of anilines is 1. The number of pyridine rings is 1. The number of halogens is 2. The topological polar surface area (TPSA) is 107 Å². The van der Waals surface area contributed by atoms with Gasteiger partial charge in [0.25, 0.3) is 11.8 Å². The smallest absolute Gasteiger partial charge is 0.339 e. The maximum atomic E-state index is 15.6. The summed E-state index contributed by atoms with van der Waals surface area (Å²) in [5.41, 5.74) is 8.43. The number of benzene rings is 3. The van der Waals surface area contributed by atoms with Gasteiger partial charge in [-0.1, -0.05) is 50.2 Å². The van der Waals surface area contributed by atoms with E-state index in [1.807, 2.05) is 44.2 Å². The number of carboxylic acids is 1. The second-order valence-electron chi connectivity index (χ2n) is 9.78. The Morgan fingerprint density at radius 2 is 1.65 bits per heavy atom. The van der Waals surface area contributed by atoms with Crippen LogP contribution < -0.4 is 20.5 Å². The fourth-order valence-corrected chi connectivity index (χ4v) is 4.00. The lowest BCUT2D eigenvalue weighted by atomic mass is 10.0. The summed E-state index contributed by atoms with van der Waals surface area (Å²) >= 11 is 0. The summed E-state index contributed by atoms with van der Waals surface area (Å²) in [6, 6.07) is 19.0. The van der Waals surface area contributed by atoms with Crippen LogP contribution in [-0.2, 0) is 6.54 Å². The number of aromatic nitrogens is 1. The second kappa shape index (κ2) is 12.6. The molecule has 0 radical (unpaired) electrons. The SMILES string of the molecule is Cc1ccc(C(=O)O)c(Oc2nc(Oc3cccc(-c4cccc(CN)c4)c3)c(F)c(NCCC(C)C)c2F)c1. The Balaban J connectivity index is 1.75. The minimum absolute atomic E-state index is 0.133. The summed E-state index contributed by atoms with van der Waals surface area (Å²) in [5.74, 6) is -4.13. The Kier molecular flexibility index (Phi) is 8.96. The van der Waals surface area contributed by atoms with Crippen LogP contribution in [0.3, 0.4) is 0 Å². The van der Waals surface area contributed by atoms with Crippen molar-refractivity contribution in [3.63, 3.8) is 0 Å². The third-order valence-electron chi connectivity index (χ3n) is 6.16. The Morgan fingerprint density at radius 3 is 2.33 bits per heavy atom. The van der Waals surface area contributed by atoms with E-state index in [2.05, 4.69) is 10.3 Å². The number of nitrogens with one attached hydrogen (secondary N) is 1. The van der Waals surface area contributed by atoms with E-state index in [0.29, 0.717) is 18.5 Å². The van der Waals surface area contributed by atoms with Crippen LogP contribution in [0.2, 0.25) is 0 Å². The Hall–Kier alpha value is -4.50. The van der Waals surface area contributed by atoms with Crippen molar-refractivity contribution in [2.75, 3.05) is 11.9 Å². The molecule has 1 heterocycles. The van der Waals surface area contributed by atoms with Crippen molar-refractivity contribution in [2.24, 2.45) is 11.7 Å². The molecule has 4 N–H and O–H groups in total. The first kappa shape index (κ1) is 28.5. The van der Waals surface area contributed by atoms with E-state index < -0.39 is 35.1 Å². The van der Waals surface area contributed by atoms with Crippen molar-refractivity contribution < 1.29 is 28.2 Å². The fraction of sp³-hybridized carbons (Fsp3) is 0.226. The molecule has 0 fully saturated rings. The van der Waals surface area contributed by atoms with Crippen molar-refractivity contribution in [3.05, 3.63) is 95.1 Å². The predicted octanol–water partition coefficient (Wildman–Crippen LogP) is 7.53. The highest BCUT2D eigenvalue weighted by molar-refractivity contribution is 5.91.